The van der Waals surface area contributed by atoms with Gasteiger partial charge < -0.3 is 14.2 Å². The average molecular weight is 396 g/mol. The lowest BCUT2D eigenvalue weighted by Gasteiger charge is -2.11. The first-order valence-electron chi connectivity index (χ1n) is 8.59. The molecule has 0 aliphatic heterocycles. The van der Waals surface area contributed by atoms with E-state index in [1.165, 1.54) is 32.3 Å². The summed E-state index contributed by atoms with van der Waals surface area (Å²) >= 11 is 0. The highest BCUT2D eigenvalue weighted by atomic mass is 16.5. The fourth-order valence-corrected chi connectivity index (χ4v) is 2.50. The normalized spacial score (nSPS) is 10.7. The van der Waals surface area contributed by atoms with Crippen molar-refractivity contribution in [2.24, 2.45) is 5.10 Å². The third-order valence-corrected chi connectivity index (χ3v) is 3.90. The van der Waals surface area contributed by atoms with Gasteiger partial charge in [-0.25, -0.2) is 5.43 Å². The second kappa shape index (κ2) is 9.31. The second-order valence-corrected chi connectivity index (χ2v) is 5.75. The van der Waals surface area contributed by atoms with Crippen molar-refractivity contribution in [1.82, 2.24) is 25.6 Å². The fraction of sp³-hybridized carbons (Fsp3) is 0.211. The van der Waals surface area contributed by atoms with Crippen LogP contribution in [0.2, 0.25) is 0 Å². The van der Waals surface area contributed by atoms with Crippen molar-refractivity contribution in [3.05, 3.63) is 48.0 Å². The molecule has 1 heterocycles. The van der Waals surface area contributed by atoms with E-state index in [1.807, 2.05) is 30.3 Å². The third kappa shape index (κ3) is 4.86. The predicted octanol–water partition coefficient (Wildman–Crippen LogP) is 1.52. The van der Waals surface area contributed by atoms with Crippen LogP contribution in [0.15, 0.2) is 47.6 Å². The molecule has 10 heteroatoms. The highest BCUT2D eigenvalue weighted by molar-refractivity contribution is 5.86. The number of nitrogens with zero attached hydrogens (tertiary/aromatic N) is 5. The van der Waals surface area contributed by atoms with Gasteiger partial charge in [0, 0.05) is 17.2 Å². The molecule has 0 unspecified atom stereocenters. The summed E-state index contributed by atoms with van der Waals surface area (Å²) in [6.45, 7) is -0.125. The van der Waals surface area contributed by atoms with Crippen molar-refractivity contribution in [3.63, 3.8) is 0 Å². The van der Waals surface area contributed by atoms with E-state index in [0.717, 1.165) is 5.56 Å². The van der Waals surface area contributed by atoms with Gasteiger partial charge >= 0.3 is 0 Å². The van der Waals surface area contributed by atoms with Crippen molar-refractivity contribution in [3.8, 4) is 28.6 Å². The molecular weight excluding hydrogens is 376 g/mol. The highest BCUT2D eigenvalue weighted by Crippen LogP contribution is 2.33. The summed E-state index contributed by atoms with van der Waals surface area (Å²) < 4.78 is 15.8. The molecule has 29 heavy (non-hydrogen) atoms. The van der Waals surface area contributed by atoms with Crippen molar-refractivity contribution in [2.75, 3.05) is 21.3 Å². The number of hydrazone groups is 1. The molecular formula is C19H20N6O4. The van der Waals surface area contributed by atoms with Gasteiger partial charge in [-0.3, -0.25) is 4.79 Å². The van der Waals surface area contributed by atoms with Gasteiger partial charge in [0.25, 0.3) is 5.91 Å². The van der Waals surface area contributed by atoms with Crippen LogP contribution in [-0.4, -0.2) is 53.7 Å². The van der Waals surface area contributed by atoms with Gasteiger partial charge in [-0.1, -0.05) is 30.3 Å². The maximum atomic E-state index is 12.1. The lowest BCUT2D eigenvalue weighted by molar-refractivity contribution is -0.122. The van der Waals surface area contributed by atoms with Crippen LogP contribution < -0.4 is 19.6 Å². The van der Waals surface area contributed by atoms with E-state index in [4.69, 9.17) is 14.2 Å². The molecule has 10 nitrogen and oxygen atoms in total. The summed E-state index contributed by atoms with van der Waals surface area (Å²) in [5.41, 5.74) is 3.84. The van der Waals surface area contributed by atoms with Crippen molar-refractivity contribution in [2.45, 2.75) is 6.54 Å². The third-order valence-electron chi connectivity index (χ3n) is 3.90. The number of ether oxygens (including phenoxy) is 3. The Morgan fingerprint density at radius 3 is 2.45 bits per heavy atom. The number of rotatable bonds is 8. The van der Waals surface area contributed by atoms with E-state index in [9.17, 15) is 4.79 Å². The van der Waals surface area contributed by atoms with E-state index in [2.05, 4.69) is 25.9 Å². The van der Waals surface area contributed by atoms with E-state index in [1.54, 1.807) is 12.1 Å². The average Bonchev–Trinajstić information content (AvgIpc) is 3.22. The van der Waals surface area contributed by atoms with Gasteiger partial charge in [0.05, 0.1) is 27.5 Å². The number of carbonyl (C=O) groups is 1. The van der Waals surface area contributed by atoms with Gasteiger partial charge in [0.2, 0.25) is 5.82 Å². The number of benzene rings is 2. The number of hydrogen-bond donors (Lipinski definition) is 1. The zero-order valence-corrected chi connectivity index (χ0v) is 16.2. The van der Waals surface area contributed by atoms with E-state index in [-0.39, 0.29) is 6.54 Å². The number of methoxy groups -OCH3 is 3. The SMILES string of the molecule is COc1cc(OC)c(OC)cc1C=NNC(=O)Cn1nnc(-c2ccccc2)n1. The Morgan fingerprint density at radius 1 is 1.07 bits per heavy atom. The Morgan fingerprint density at radius 2 is 1.76 bits per heavy atom. The Kier molecular flexibility index (Phi) is 6.36. The molecule has 1 aromatic heterocycles. The van der Waals surface area contributed by atoms with Crippen molar-refractivity contribution < 1.29 is 19.0 Å². The molecule has 3 aromatic rings. The second-order valence-electron chi connectivity index (χ2n) is 5.75. The summed E-state index contributed by atoms with van der Waals surface area (Å²) in [6, 6.07) is 12.7. The first-order chi connectivity index (χ1) is 14.1. The number of tetrazole rings is 1. The summed E-state index contributed by atoms with van der Waals surface area (Å²) in [5, 5.41) is 16.0. The number of carbonyl (C=O) groups excluding carboxylic acids is 1. The first-order valence-corrected chi connectivity index (χ1v) is 8.59. The van der Waals surface area contributed by atoms with E-state index < -0.39 is 5.91 Å². The van der Waals surface area contributed by atoms with Gasteiger partial charge in [0.15, 0.2) is 11.5 Å². The van der Waals surface area contributed by atoms with Crippen LogP contribution >= 0.6 is 0 Å². The van der Waals surface area contributed by atoms with Crippen LogP contribution in [0.3, 0.4) is 0 Å². The number of hydrogen-bond acceptors (Lipinski definition) is 8. The number of amides is 1. The van der Waals surface area contributed by atoms with Crippen molar-refractivity contribution in [1.29, 1.82) is 0 Å². The molecule has 0 radical (unpaired) electrons. The molecule has 1 amide bonds. The Hall–Kier alpha value is -3.95. The maximum Gasteiger partial charge on any atom is 0.263 e. The number of nitrogens with one attached hydrogen (secondary N) is 1. The van der Waals surface area contributed by atoms with Crippen LogP contribution in [0.25, 0.3) is 11.4 Å². The minimum absolute atomic E-state index is 0.125. The zero-order valence-electron chi connectivity index (χ0n) is 16.2. The lowest BCUT2D eigenvalue weighted by Crippen LogP contribution is -2.24. The molecule has 1 N–H and O–H groups in total. The minimum atomic E-state index is -0.405. The molecule has 0 aliphatic carbocycles. The van der Waals surface area contributed by atoms with Crippen LogP contribution in [0.1, 0.15) is 5.56 Å². The Balaban J connectivity index is 1.64. The molecule has 0 atom stereocenters. The topological polar surface area (TPSA) is 113 Å². The highest BCUT2D eigenvalue weighted by Gasteiger charge is 2.11. The minimum Gasteiger partial charge on any atom is -0.496 e. The van der Waals surface area contributed by atoms with Crippen LogP contribution in [0, 0.1) is 0 Å². The summed E-state index contributed by atoms with van der Waals surface area (Å²) in [5.74, 6) is 1.60. The maximum absolute atomic E-state index is 12.1. The Labute approximate surface area is 167 Å². The molecule has 0 fully saturated rings. The van der Waals surface area contributed by atoms with Crippen LogP contribution in [-0.2, 0) is 11.3 Å². The smallest absolute Gasteiger partial charge is 0.263 e. The molecule has 0 spiro atoms. The van der Waals surface area contributed by atoms with Gasteiger partial charge in [-0.2, -0.15) is 9.90 Å². The van der Waals surface area contributed by atoms with E-state index >= 15 is 0 Å². The van der Waals surface area contributed by atoms with Crippen LogP contribution in [0.5, 0.6) is 17.2 Å². The zero-order chi connectivity index (χ0) is 20.6. The summed E-state index contributed by atoms with van der Waals surface area (Å²) in [6.07, 6.45) is 1.45. The fourth-order valence-electron chi connectivity index (χ4n) is 2.50. The molecule has 2 aromatic carbocycles. The largest absolute Gasteiger partial charge is 0.496 e. The standard InChI is InChI=1S/C19H20N6O4/c1-27-15-10-17(29-3)16(28-2)9-14(15)11-20-21-18(26)12-25-23-19(22-24-25)13-7-5-4-6-8-13/h4-11H,12H2,1-3H3,(H,21,26). The number of aromatic nitrogens is 4. The van der Waals surface area contributed by atoms with E-state index in [0.29, 0.717) is 28.6 Å². The summed E-state index contributed by atoms with van der Waals surface area (Å²) in [7, 11) is 4.59. The Bertz CT molecular complexity index is 1000. The van der Waals surface area contributed by atoms with Gasteiger partial charge in [-0.15, -0.1) is 10.2 Å². The lowest BCUT2D eigenvalue weighted by atomic mass is 10.2. The monoisotopic (exact) mass is 396 g/mol. The first kappa shape index (κ1) is 19.8. The molecule has 0 saturated heterocycles. The van der Waals surface area contributed by atoms with Crippen molar-refractivity contribution >= 4 is 12.1 Å². The van der Waals surface area contributed by atoms with Crippen LogP contribution in [0.4, 0.5) is 0 Å². The molecule has 3 rings (SSSR count). The molecule has 0 saturated carbocycles. The molecule has 150 valence electrons. The summed E-state index contributed by atoms with van der Waals surface area (Å²) in [4.78, 5) is 13.3. The molecule has 0 bridgehead atoms. The quantitative estimate of drug-likeness (QED) is 0.454. The molecule has 0 aliphatic rings. The van der Waals surface area contributed by atoms with Gasteiger partial charge in [0.1, 0.15) is 12.3 Å². The van der Waals surface area contributed by atoms with Gasteiger partial charge in [-0.05, 0) is 11.3 Å². The predicted molar refractivity (Wildman–Crippen MR) is 105 cm³/mol.